The number of amides is 1. The number of nitrogens with two attached hydrogens (primary N) is 1. The predicted octanol–water partition coefficient (Wildman–Crippen LogP) is 1.57. The van der Waals surface area contributed by atoms with E-state index in [0.29, 0.717) is 23.4 Å². The number of halogens is 3. The van der Waals surface area contributed by atoms with Crippen molar-refractivity contribution >= 4 is 17.6 Å². The second-order valence-corrected chi connectivity index (χ2v) is 6.44. The second-order valence-electron chi connectivity index (χ2n) is 6.44. The maximum atomic E-state index is 12.3. The maximum absolute atomic E-state index is 12.3. The van der Waals surface area contributed by atoms with Crippen molar-refractivity contribution in [3.05, 3.63) is 28.8 Å². The highest BCUT2D eigenvalue weighted by Gasteiger charge is 2.46. The number of carbonyl (C=O) groups is 2. The molecule has 9 heteroatoms. The van der Waals surface area contributed by atoms with Crippen LogP contribution in [0.5, 0.6) is 0 Å². The molecule has 3 N–H and O–H groups in total. The van der Waals surface area contributed by atoms with Crippen molar-refractivity contribution in [2.24, 2.45) is 0 Å². The number of hydrogen-bond donors (Lipinski definition) is 2. The van der Waals surface area contributed by atoms with Crippen LogP contribution in [-0.4, -0.2) is 47.3 Å². The molecule has 2 aliphatic rings. The van der Waals surface area contributed by atoms with Gasteiger partial charge < -0.3 is 20.5 Å². The molecule has 0 bridgehead atoms. The molecule has 3 rings (SSSR count). The van der Waals surface area contributed by atoms with Crippen LogP contribution in [0.2, 0.25) is 0 Å². The largest absolute Gasteiger partial charge is 0.490 e. The van der Waals surface area contributed by atoms with Gasteiger partial charge in [0.15, 0.2) is 0 Å². The minimum absolute atomic E-state index is 0.0528. The number of anilines is 1. The van der Waals surface area contributed by atoms with E-state index in [4.69, 9.17) is 5.73 Å². The number of hydrogen-bond acceptors (Lipinski definition) is 5. The molecule has 0 spiro atoms. The quantitative estimate of drug-likeness (QED) is 0.618. The normalized spacial score (nSPS) is 26.0. The Balaban J connectivity index is 1.84. The molecule has 25 heavy (non-hydrogen) atoms. The molecule has 136 valence electrons. The lowest BCUT2D eigenvalue weighted by atomic mass is 9.90. The first-order chi connectivity index (χ1) is 11.6. The number of nitrogens with zero attached hydrogens (tertiary/aromatic N) is 1. The summed E-state index contributed by atoms with van der Waals surface area (Å²) in [5.41, 5.74) is 8.06. The lowest BCUT2D eigenvalue weighted by Crippen LogP contribution is -2.33. The summed E-state index contributed by atoms with van der Waals surface area (Å²) in [6.45, 7) is 0.341. The van der Waals surface area contributed by atoms with Crippen molar-refractivity contribution in [1.29, 1.82) is 0 Å². The number of ether oxygens (including phenoxy) is 1. The third-order valence-electron chi connectivity index (χ3n) is 4.74. The molecule has 1 fully saturated rings. The van der Waals surface area contributed by atoms with Crippen LogP contribution in [0.25, 0.3) is 0 Å². The predicted molar refractivity (Wildman–Crippen MR) is 80.6 cm³/mol. The fraction of sp³-hybridized carbons (Fsp3) is 0.500. The topological polar surface area (TPSA) is 92.9 Å². The van der Waals surface area contributed by atoms with Crippen molar-refractivity contribution in [2.45, 2.75) is 43.7 Å². The van der Waals surface area contributed by atoms with E-state index in [9.17, 15) is 27.9 Å². The van der Waals surface area contributed by atoms with Gasteiger partial charge in [-0.15, -0.1) is 0 Å². The molecule has 1 aliphatic carbocycles. The Bertz CT molecular complexity index is 735. The summed E-state index contributed by atoms with van der Waals surface area (Å²) in [6, 6.07) is 3.29. The molecule has 1 saturated carbocycles. The van der Waals surface area contributed by atoms with Crippen LogP contribution in [0, 0.1) is 0 Å². The summed E-state index contributed by atoms with van der Waals surface area (Å²) in [5.74, 6) is -2.85. The van der Waals surface area contributed by atoms with Crippen LogP contribution in [0.1, 0.15) is 40.2 Å². The minimum Gasteiger partial charge on any atom is -0.453 e. The number of aliphatic hydroxyl groups is 1. The molecule has 3 atom stereocenters. The van der Waals surface area contributed by atoms with E-state index in [1.807, 2.05) is 0 Å². The number of rotatable bonds is 2. The minimum atomic E-state index is -5.10. The molecule has 1 amide bonds. The van der Waals surface area contributed by atoms with E-state index >= 15 is 0 Å². The number of carbonyl (C=O) groups excluding carboxylic acids is 2. The number of aliphatic hydroxyl groups excluding tert-OH is 1. The summed E-state index contributed by atoms with van der Waals surface area (Å²) in [7, 11) is 1.63. The Labute approximate surface area is 141 Å². The summed E-state index contributed by atoms with van der Waals surface area (Å²) < 4.78 is 41.5. The number of nitrogen functional groups attached to an aromatic ring is 1. The first-order valence-electron chi connectivity index (χ1n) is 7.72. The van der Waals surface area contributed by atoms with Gasteiger partial charge in [-0.2, -0.15) is 13.2 Å². The van der Waals surface area contributed by atoms with Gasteiger partial charge in [-0.1, -0.05) is 6.07 Å². The first-order valence-corrected chi connectivity index (χ1v) is 7.72. The summed E-state index contributed by atoms with van der Waals surface area (Å²) in [5, 5.41) is 10.00. The fourth-order valence-corrected chi connectivity index (χ4v) is 3.55. The molecular formula is C16H17F3N2O4. The molecule has 3 unspecified atom stereocenters. The Morgan fingerprint density at radius 2 is 2.04 bits per heavy atom. The van der Waals surface area contributed by atoms with Crippen molar-refractivity contribution in [3.63, 3.8) is 0 Å². The average Bonchev–Trinajstić information content (AvgIpc) is 3.00. The van der Waals surface area contributed by atoms with Crippen molar-refractivity contribution in [3.8, 4) is 0 Å². The van der Waals surface area contributed by atoms with Gasteiger partial charge in [-0.25, -0.2) is 4.79 Å². The molecule has 0 radical (unpaired) electrons. The summed E-state index contributed by atoms with van der Waals surface area (Å²) in [6.07, 6.45) is -7.34. The molecule has 0 saturated heterocycles. The Hall–Kier alpha value is -2.29. The Kier molecular flexibility index (Phi) is 4.14. The number of benzene rings is 1. The van der Waals surface area contributed by atoms with E-state index in [-0.39, 0.29) is 24.7 Å². The number of fused-ring (bicyclic) bond motifs is 1. The Morgan fingerprint density at radius 1 is 1.36 bits per heavy atom. The van der Waals surface area contributed by atoms with Crippen molar-refractivity contribution in [1.82, 2.24) is 4.90 Å². The van der Waals surface area contributed by atoms with Crippen molar-refractivity contribution < 1.29 is 32.6 Å². The monoisotopic (exact) mass is 358 g/mol. The van der Waals surface area contributed by atoms with E-state index < -0.39 is 24.4 Å². The van der Waals surface area contributed by atoms with E-state index in [2.05, 4.69) is 4.74 Å². The van der Waals surface area contributed by atoms with Crippen LogP contribution >= 0.6 is 0 Å². The average molecular weight is 358 g/mol. The smallest absolute Gasteiger partial charge is 0.453 e. The molecule has 1 aromatic rings. The zero-order valence-electron chi connectivity index (χ0n) is 13.3. The van der Waals surface area contributed by atoms with Crippen LogP contribution in [0.15, 0.2) is 12.1 Å². The second kappa shape index (κ2) is 5.91. The summed E-state index contributed by atoms with van der Waals surface area (Å²) in [4.78, 5) is 24.7. The van der Waals surface area contributed by atoms with Gasteiger partial charge in [0.1, 0.15) is 6.10 Å². The first kappa shape index (κ1) is 17.5. The Morgan fingerprint density at radius 3 is 2.68 bits per heavy atom. The lowest BCUT2D eigenvalue weighted by molar-refractivity contribution is -0.207. The van der Waals surface area contributed by atoms with Gasteiger partial charge in [0, 0.05) is 19.3 Å². The molecule has 1 aliphatic heterocycles. The molecule has 6 nitrogen and oxygen atoms in total. The van der Waals surface area contributed by atoms with Gasteiger partial charge >= 0.3 is 12.1 Å². The van der Waals surface area contributed by atoms with E-state index in [0.717, 1.165) is 5.56 Å². The molecule has 1 aromatic carbocycles. The van der Waals surface area contributed by atoms with Crippen LogP contribution in [-0.2, 0) is 16.1 Å². The highest BCUT2D eigenvalue weighted by Crippen LogP contribution is 2.42. The number of esters is 1. The third-order valence-corrected chi connectivity index (χ3v) is 4.74. The van der Waals surface area contributed by atoms with Gasteiger partial charge in [-0.05, 0) is 36.0 Å². The van der Waals surface area contributed by atoms with Gasteiger partial charge in [-0.3, -0.25) is 4.79 Å². The van der Waals surface area contributed by atoms with E-state index in [1.54, 1.807) is 19.2 Å². The molecule has 1 heterocycles. The fourth-order valence-electron chi connectivity index (χ4n) is 3.55. The maximum Gasteiger partial charge on any atom is 0.490 e. The standard InChI is InChI=1S/C16H17F3N2O4/c1-21-6-9-8(2-3-10(20)13(9)14(21)23)7-4-11(22)12(5-7)25-15(24)16(17,18)19/h2-3,7,11-12,22H,4-6,20H2,1H3. The third kappa shape index (κ3) is 3.04. The highest BCUT2D eigenvalue weighted by atomic mass is 19.4. The highest BCUT2D eigenvalue weighted by molar-refractivity contribution is 6.03. The number of alkyl halides is 3. The van der Waals surface area contributed by atoms with Gasteiger partial charge in [0.05, 0.1) is 11.7 Å². The molecule has 0 aromatic heterocycles. The zero-order valence-corrected chi connectivity index (χ0v) is 13.3. The van der Waals surface area contributed by atoms with E-state index in [1.165, 1.54) is 4.90 Å². The SMILES string of the molecule is CN1Cc2c(C3CC(O)C(OC(=O)C(F)(F)F)C3)ccc(N)c2C1=O. The van der Waals surface area contributed by atoms with Gasteiger partial charge in [0.25, 0.3) is 5.91 Å². The summed E-state index contributed by atoms with van der Waals surface area (Å²) >= 11 is 0. The van der Waals surface area contributed by atoms with Crippen LogP contribution in [0.4, 0.5) is 18.9 Å². The molecular weight excluding hydrogens is 341 g/mol. The van der Waals surface area contributed by atoms with Crippen LogP contribution < -0.4 is 5.73 Å². The van der Waals surface area contributed by atoms with Gasteiger partial charge in [0.2, 0.25) is 0 Å². The van der Waals surface area contributed by atoms with Crippen molar-refractivity contribution in [2.75, 3.05) is 12.8 Å². The zero-order chi connectivity index (χ0) is 18.5. The van der Waals surface area contributed by atoms with Crippen LogP contribution in [0.3, 0.4) is 0 Å². The lowest BCUT2D eigenvalue weighted by Gasteiger charge is -2.17.